The number of nitrogens with zero attached hydrogens (tertiary/aromatic N) is 4. The third-order valence-electron chi connectivity index (χ3n) is 6.66. The van der Waals surface area contributed by atoms with Gasteiger partial charge in [-0.25, -0.2) is 4.99 Å². The number of anilines is 1. The van der Waals surface area contributed by atoms with E-state index >= 15 is 0 Å². The molecule has 1 saturated carbocycles. The number of nitrogens with one attached hydrogen (secondary N) is 2. The molecular weight excluding hydrogens is 410 g/mol. The van der Waals surface area contributed by atoms with Crippen LogP contribution in [0.1, 0.15) is 58.3 Å². The summed E-state index contributed by atoms with van der Waals surface area (Å²) in [6.45, 7) is 5.33. The summed E-state index contributed by atoms with van der Waals surface area (Å²) in [5.41, 5.74) is 7.47. The highest BCUT2D eigenvalue weighted by atomic mass is 35.5. The Hall–Kier alpha value is -1.83. The molecule has 0 spiro atoms. The number of hydrogen-bond acceptors (Lipinski definition) is 7. The molecule has 31 heavy (non-hydrogen) atoms. The molecule has 2 fully saturated rings. The lowest BCUT2D eigenvalue weighted by molar-refractivity contribution is 0.194. The van der Waals surface area contributed by atoms with Crippen LogP contribution in [0, 0.1) is 0 Å². The second-order valence-electron chi connectivity index (χ2n) is 8.84. The van der Waals surface area contributed by atoms with Crippen LogP contribution < -0.4 is 16.4 Å². The first-order valence-electron chi connectivity index (χ1n) is 11.8. The minimum atomic E-state index is -0.458. The highest BCUT2D eigenvalue weighted by Gasteiger charge is 2.32. The van der Waals surface area contributed by atoms with Crippen molar-refractivity contribution in [1.82, 2.24) is 15.1 Å². The van der Waals surface area contributed by atoms with Crippen molar-refractivity contribution in [2.24, 2.45) is 15.7 Å². The zero-order chi connectivity index (χ0) is 21.6. The van der Waals surface area contributed by atoms with Crippen LogP contribution in [0.15, 0.2) is 34.3 Å². The number of rotatable bonds is 5. The van der Waals surface area contributed by atoms with Gasteiger partial charge in [0.1, 0.15) is 0 Å². The molecule has 1 aromatic rings. The summed E-state index contributed by atoms with van der Waals surface area (Å²) in [6.07, 6.45) is 9.55. The van der Waals surface area contributed by atoms with Crippen molar-refractivity contribution in [3.63, 3.8) is 0 Å². The van der Waals surface area contributed by atoms with Crippen molar-refractivity contribution in [2.45, 2.75) is 76.7 Å². The normalized spacial score (nSPS) is 25.7. The van der Waals surface area contributed by atoms with E-state index in [1.165, 1.54) is 57.9 Å². The van der Waals surface area contributed by atoms with Gasteiger partial charge in [0.25, 0.3) is 0 Å². The maximum Gasteiger partial charge on any atom is 0.229 e. The fraction of sp³-hybridized carbons (Fsp3) is 0.652. The Labute approximate surface area is 191 Å². The molecule has 0 bridgehead atoms. The van der Waals surface area contributed by atoms with Crippen LogP contribution in [0.4, 0.5) is 5.69 Å². The Morgan fingerprint density at radius 2 is 1.81 bits per heavy atom. The summed E-state index contributed by atoms with van der Waals surface area (Å²) in [5.74, 6) is 1.40. The van der Waals surface area contributed by atoms with E-state index < -0.39 is 6.29 Å². The summed E-state index contributed by atoms with van der Waals surface area (Å²) >= 11 is 6.02. The van der Waals surface area contributed by atoms with E-state index in [-0.39, 0.29) is 0 Å². The van der Waals surface area contributed by atoms with Crippen molar-refractivity contribution in [3.8, 4) is 0 Å². The maximum atomic E-state index is 6.58. The topological polar surface area (TPSA) is 81.3 Å². The van der Waals surface area contributed by atoms with E-state index in [4.69, 9.17) is 22.3 Å². The molecule has 2 atom stereocenters. The van der Waals surface area contributed by atoms with Gasteiger partial charge >= 0.3 is 0 Å². The predicted octanol–water partition coefficient (Wildman–Crippen LogP) is 3.82. The van der Waals surface area contributed by atoms with Crippen LogP contribution in [0.3, 0.4) is 0 Å². The number of hydrogen-bond donors (Lipinski definition) is 3. The third kappa shape index (κ3) is 5.90. The van der Waals surface area contributed by atoms with Crippen LogP contribution in [0.25, 0.3) is 0 Å². The molecule has 8 heteroatoms. The molecule has 1 aromatic carbocycles. The lowest BCUT2D eigenvalue weighted by Crippen LogP contribution is -2.58. The number of aliphatic imine (C=N–C) groups is 2. The first-order chi connectivity index (χ1) is 15.1. The summed E-state index contributed by atoms with van der Waals surface area (Å²) in [6, 6.07) is 8.50. The maximum absolute atomic E-state index is 6.58. The minimum Gasteiger partial charge on any atom is -0.353 e. The van der Waals surface area contributed by atoms with Gasteiger partial charge in [0.15, 0.2) is 6.29 Å². The van der Waals surface area contributed by atoms with Crippen LogP contribution in [0.2, 0.25) is 5.02 Å². The van der Waals surface area contributed by atoms with Crippen molar-refractivity contribution in [1.29, 1.82) is 0 Å². The zero-order valence-corrected chi connectivity index (χ0v) is 19.3. The SMILES string of the molecule is CCN1CCCC1CN1C(NC2CCCCCC2)=NC(Nc2ccc(Cl)cc2)=NC1N. The average molecular weight is 446 g/mol. The summed E-state index contributed by atoms with van der Waals surface area (Å²) in [7, 11) is 0. The second-order valence-corrected chi connectivity index (χ2v) is 9.28. The highest BCUT2D eigenvalue weighted by molar-refractivity contribution is 6.30. The molecule has 7 nitrogen and oxygen atoms in total. The molecule has 0 radical (unpaired) electrons. The van der Waals surface area contributed by atoms with E-state index in [0.29, 0.717) is 23.1 Å². The van der Waals surface area contributed by atoms with E-state index in [2.05, 4.69) is 32.3 Å². The largest absolute Gasteiger partial charge is 0.353 e. The lowest BCUT2D eigenvalue weighted by Gasteiger charge is -2.38. The molecule has 170 valence electrons. The van der Waals surface area contributed by atoms with Gasteiger partial charge in [-0.2, -0.15) is 4.99 Å². The van der Waals surface area contributed by atoms with E-state index in [1.807, 2.05) is 24.3 Å². The molecule has 1 saturated heterocycles. The molecule has 2 unspecified atom stereocenters. The lowest BCUT2D eigenvalue weighted by atomic mass is 10.1. The molecule has 2 heterocycles. The van der Waals surface area contributed by atoms with Crippen LogP contribution in [0.5, 0.6) is 0 Å². The Morgan fingerprint density at radius 3 is 2.52 bits per heavy atom. The average Bonchev–Trinajstić information content (AvgIpc) is 3.06. The number of nitrogens with two attached hydrogens (primary N) is 1. The van der Waals surface area contributed by atoms with Gasteiger partial charge in [-0.15, -0.1) is 0 Å². The first-order valence-corrected chi connectivity index (χ1v) is 12.2. The molecule has 1 aliphatic carbocycles. The Bertz CT molecular complexity index is 771. The third-order valence-corrected chi connectivity index (χ3v) is 6.91. The van der Waals surface area contributed by atoms with Crippen molar-refractivity contribution in [3.05, 3.63) is 29.3 Å². The quantitative estimate of drug-likeness (QED) is 0.600. The molecule has 4 rings (SSSR count). The number of guanidine groups is 2. The summed E-state index contributed by atoms with van der Waals surface area (Å²) in [5, 5.41) is 7.75. The Kier molecular flexibility index (Phi) is 7.69. The van der Waals surface area contributed by atoms with Gasteiger partial charge in [0, 0.05) is 29.3 Å². The monoisotopic (exact) mass is 445 g/mol. The number of halogens is 1. The van der Waals surface area contributed by atoms with E-state index in [1.54, 1.807) is 0 Å². The second kappa shape index (κ2) is 10.7. The fourth-order valence-corrected chi connectivity index (χ4v) is 5.02. The summed E-state index contributed by atoms with van der Waals surface area (Å²) < 4.78 is 0. The number of likely N-dealkylation sites (tertiary alicyclic amines) is 1. The van der Waals surface area contributed by atoms with Crippen molar-refractivity contribution >= 4 is 29.2 Å². The van der Waals surface area contributed by atoms with Gasteiger partial charge in [-0.3, -0.25) is 10.6 Å². The molecule has 2 aliphatic heterocycles. The minimum absolute atomic E-state index is 0.441. The van der Waals surface area contributed by atoms with Gasteiger partial charge < -0.3 is 15.5 Å². The van der Waals surface area contributed by atoms with E-state index in [0.717, 1.165) is 24.7 Å². The van der Waals surface area contributed by atoms with Crippen molar-refractivity contribution < 1.29 is 0 Å². The molecule has 0 aromatic heterocycles. The molecule has 0 amide bonds. The molecule has 4 N–H and O–H groups in total. The Morgan fingerprint density at radius 1 is 1.06 bits per heavy atom. The fourth-order valence-electron chi connectivity index (χ4n) is 4.90. The first kappa shape index (κ1) is 22.4. The Balaban J connectivity index is 1.52. The van der Waals surface area contributed by atoms with Gasteiger partial charge in [-0.05, 0) is 63.0 Å². The van der Waals surface area contributed by atoms with Gasteiger partial charge in [0.05, 0.1) is 0 Å². The number of likely N-dealkylation sites (N-methyl/N-ethyl adjacent to an activating group) is 1. The predicted molar refractivity (Wildman–Crippen MR) is 130 cm³/mol. The zero-order valence-electron chi connectivity index (χ0n) is 18.6. The summed E-state index contributed by atoms with van der Waals surface area (Å²) in [4.78, 5) is 14.3. The van der Waals surface area contributed by atoms with Gasteiger partial charge in [0.2, 0.25) is 11.9 Å². The van der Waals surface area contributed by atoms with Crippen LogP contribution in [-0.4, -0.2) is 59.7 Å². The van der Waals surface area contributed by atoms with Crippen LogP contribution >= 0.6 is 11.6 Å². The number of benzene rings is 1. The molecule has 3 aliphatic rings. The van der Waals surface area contributed by atoms with Crippen molar-refractivity contribution in [2.75, 3.05) is 25.0 Å². The standard InChI is InChI=1S/C23H36ClN7/c1-2-30-15-7-10-20(30)16-31-21(25)28-22(26-19-13-11-17(24)12-14-19)29-23(31)27-18-8-5-3-4-6-9-18/h11-14,18,20-21H,2-10,15-16,25H2,1H3,(H2,26,27,28,29). The van der Waals surface area contributed by atoms with Gasteiger partial charge in [-0.1, -0.05) is 44.2 Å². The molecular formula is C23H36ClN7. The van der Waals surface area contributed by atoms with E-state index in [9.17, 15) is 0 Å². The smallest absolute Gasteiger partial charge is 0.229 e. The van der Waals surface area contributed by atoms with Crippen LogP contribution in [-0.2, 0) is 0 Å². The highest BCUT2D eigenvalue weighted by Crippen LogP contribution is 2.22.